The molecule has 0 saturated carbocycles. The van der Waals surface area contributed by atoms with Crippen LogP contribution in [0.4, 0.5) is 0 Å². The summed E-state index contributed by atoms with van der Waals surface area (Å²) in [6.45, 7) is 6.29. The Morgan fingerprint density at radius 1 is 1.33 bits per heavy atom. The number of aromatic nitrogens is 2. The van der Waals surface area contributed by atoms with Crippen molar-refractivity contribution in [3.8, 4) is 0 Å². The largest absolute Gasteiger partial charge is 0.332 e. The summed E-state index contributed by atoms with van der Waals surface area (Å²) in [5, 5.41) is 0.516. The summed E-state index contributed by atoms with van der Waals surface area (Å²) < 4.78 is 1.85. The topological polar surface area (TPSA) is 52.0 Å². The number of nitrogens with zero attached hydrogens (tertiary/aromatic N) is 2. The van der Waals surface area contributed by atoms with E-state index in [1.165, 1.54) is 0 Å². The van der Waals surface area contributed by atoms with Crippen LogP contribution in [0.2, 0.25) is 0 Å². The van der Waals surface area contributed by atoms with E-state index in [1.807, 2.05) is 18.4 Å². The summed E-state index contributed by atoms with van der Waals surface area (Å²) in [6, 6.07) is 3.54. The van der Waals surface area contributed by atoms with Crippen LogP contribution in [0.25, 0.3) is 11.0 Å². The molecular formula is C14H16N2O2. The van der Waals surface area contributed by atoms with E-state index in [0.717, 1.165) is 5.69 Å². The fourth-order valence-corrected chi connectivity index (χ4v) is 1.99. The Balaban J connectivity index is 2.87. The summed E-state index contributed by atoms with van der Waals surface area (Å²) in [5.41, 5.74) is 1.56. The number of hydrogen-bond acceptors (Lipinski definition) is 3. The van der Waals surface area contributed by atoms with Gasteiger partial charge in [-0.3, -0.25) is 9.59 Å². The van der Waals surface area contributed by atoms with Gasteiger partial charge in [0.1, 0.15) is 5.65 Å². The SMILES string of the molecule is CCC(=O)c1cn(CC)c2nc(C)ccc2c1=O. The molecule has 0 aliphatic carbocycles. The molecule has 4 nitrogen and oxygen atoms in total. The first-order valence-electron chi connectivity index (χ1n) is 6.12. The zero-order valence-corrected chi connectivity index (χ0v) is 10.9. The Kier molecular flexibility index (Phi) is 3.28. The molecule has 0 unspecified atom stereocenters. The molecule has 0 aromatic carbocycles. The van der Waals surface area contributed by atoms with E-state index in [9.17, 15) is 9.59 Å². The molecule has 2 aromatic rings. The number of carbonyl (C=O) groups excluding carboxylic acids is 1. The standard InChI is InChI=1S/C14H16N2O2/c1-4-12(17)11-8-16(5-2)14-10(13(11)18)7-6-9(3)15-14/h6-8H,4-5H2,1-3H3. The molecule has 0 N–H and O–H groups in total. The van der Waals surface area contributed by atoms with Crippen LogP contribution in [-0.2, 0) is 6.54 Å². The Hall–Kier alpha value is -1.97. The van der Waals surface area contributed by atoms with E-state index in [-0.39, 0.29) is 16.8 Å². The van der Waals surface area contributed by atoms with Crippen molar-refractivity contribution in [1.29, 1.82) is 0 Å². The first kappa shape index (κ1) is 12.5. The maximum atomic E-state index is 12.2. The Bertz CT molecular complexity index is 671. The van der Waals surface area contributed by atoms with Crippen molar-refractivity contribution in [2.45, 2.75) is 33.7 Å². The fraction of sp³-hybridized carbons (Fsp3) is 0.357. The lowest BCUT2D eigenvalue weighted by Gasteiger charge is -2.10. The number of rotatable bonds is 3. The van der Waals surface area contributed by atoms with Gasteiger partial charge in [-0.25, -0.2) is 4.98 Å². The van der Waals surface area contributed by atoms with Crippen LogP contribution in [0.5, 0.6) is 0 Å². The Morgan fingerprint density at radius 2 is 2.06 bits per heavy atom. The van der Waals surface area contributed by atoms with Crippen LogP contribution < -0.4 is 5.43 Å². The Labute approximate surface area is 105 Å². The van der Waals surface area contributed by atoms with Crippen molar-refractivity contribution in [1.82, 2.24) is 9.55 Å². The second kappa shape index (κ2) is 4.72. The van der Waals surface area contributed by atoms with Crippen LogP contribution >= 0.6 is 0 Å². The van der Waals surface area contributed by atoms with Gasteiger partial charge < -0.3 is 4.57 Å². The van der Waals surface area contributed by atoms with Gasteiger partial charge in [0.2, 0.25) is 5.43 Å². The molecule has 0 aliphatic rings. The van der Waals surface area contributed by atoms with Crippen LogP contribution in [-0.4, -0.2) is 15.3 Å². The van der Waals surface area contributed by atoms with Crippen molar-refractivity contribution in [2.75, 3.05) is 0 Å². The number of fused-ring (bicyclic) bond motifs is 1. The summed E-state index contributed by atoms with van der Waals surface area (Å²) in [6.07, 6.45) is 1.96. The molecule has 0 saturated heterocycles. The zero-order chi connectivity index (χ0) is 13.3. The zero-order valence-electron chi connectivity index (χ0n) is 10.9. The number of pyridine rings is 2. The molecule has 0 spiro atoms. The summed E-state index contributed by atoms with van der Waals surface area (Å²) >= 11 is 0. The van der Waals surface area contributed by atoms with Crippen molar-refractivity contribution in [3.05, 3.63) is 39.8 Å². The lowest BCUT2D eigenvalue weighted by molar-refractivity contribution is 0.0986. The monoisotopic (exact) mass is 244 g/mol. The quantitative estimate of drug-likeness (QED) is 0.778. The highest BCUT2D eigenvalue weighted by atomic mass is 16.1. The second-order valence-corrected chi connectivity index (χ2v) is 4.26. The van der Waals surface area contributed by atoms with E-state index in [2.05, 4.69) is 4.98 Å². The normalized spacial score (nSPS) is 10.8. The highest BCUT2D eigenvalue weighted by Gasteiger charge is 2.14. The fourth-order valence-electron chi connectivity index (χ4n) is 1.99. The molecule has 2 rings (SSSR count). The minimum absolute atomic E-state index is 0.121. The van der Waals surface area contributed by atoms with Crippen molar-refractivity contribution >= 4 is 16.8 Å². The van der Waals surface area contributed by atoms with E-state index >= 15 is 0 Å². The molecule has 4 heteroatoms. The molecule has 2 aromatic heterocycles. The highest BCUT2D eigenvalue weighted by molar-refractivity contribution is 5.98. The van der Waals surface area contributed by atoms with E-state index in [4.69, 9.17) is 0 Å². The lowest BCUT2D eigenvalue weighted by Crippen LogP contribution is -2.19. The van der Waals surface area contributed by atoms with E-state index in [1.54, 1.807) is 25.3 Å². The van der Waals surface area contributed by atoms with Gasteiger partial charge in [-0.05, 0) is 26.0 Å². The van der Waals surface area contributed by atoms with Crippen molar-refractivity contribution in [2.24, 2.45) is 0 Å². The Morgan fingerprint density at radius 3 is 2.67 bits per heavy atom. The van der Waals surface area contributed by atoms with Crippen molar-refractivity contribution < 1.29 is 4.79 Å². The maximum absolute atomic E-state index is 12.2. The van der Waals surface area contributed by atoms with Gasteiger partial charge in [0.15, 0.2) is 5.78 Å². The molecule has 18 heavy (non-hydrogen) atoms. The third kappa shape index (κ3) is 1.94. The smallest absolute Gasteiger partial charge is 0.201 e. The molecule has 0 atom stereocenters. The maximum Gasteiger partial charge on any atom is 0.201 e. The summed E-state index contributed by atoms with van der Waals surface area (Å²) in [5.74, 6) is -0.121. The minimum Gasteiger partial charge on any atom is -0.332 e. The molecule has 2 heterocycles. The number of ketones is 1. The van der Waals surface area contributed by atoms with Gasteiger partial charge in [-0.2, -0.15) is 0 Å². The molecule has 0 fully saturated rings. The number of carbonyl (C=O) groups is 1. The third-order valence-corrected chi connectivity index (χ3v) is 3.02. The molecule has 0 bridgehead atoms. The predicted molar refractivity (Wildman–Crippen MR) is 71.0 cm³/mol. The van der Waals surface area contributed by atoms with Gasteiger partial charge in [0, 0.05) is 24.9 Å². The minimum atomic E-state index is -0.214. The molecule has 94 valence electrons. The van der Waals surface area contributed by atoms with Gasteiger partial charge in [0.25, 0.3) is 0 Å². The summed E-state index contributed by atoms with van der Waals surface area (Å²) in [7, 11) is 0. The van der Waals surface area contributed by atoms with Crippen LogP contribution in [0.15, 0.2) is 23.1 Å². The molecule has 0 amide bonds. The number of hydrogen-bond donors (Lipinski definition) is 0. The average molecular weight is 244 g/mol. The molecule has 0 aliphatic heterocycles. The van der Waals surface area contributed by atoms with Gasteiger partial charge >= 0.3 is 0 Å². The van der Waals surface area contributed by atoms with E-state index in [0.29, 0.717) is 24.0 Å². The van der Waals surface area contributed by atoms with Crippen molar-refractivity contribution in [3.63, 3.8) is 0 Å². The van der Waals surface area contributed by atoms with Gasteiger partial charge in [-0.15, -0.1) is 0 Å². The second-order valence-electron chi connectivity index (χ2n) is 4.26. The third-order valence-electron chi connectivity index (χ3n) is 3.02. The average Bonchev–Trinajstić information content (AvgIpc) is 2.38. The van der Waals surface area contributed by atoms with Crippen LogP contribution in [0.1, 0.15) is 36.3 Å². The molecule has 0 radical (unpaired) electrons. The lowest BCUT2D eigenvalue weighted by atomic mass is 10.1. The number of Topliss-reactive ketones (excluding diaryl/α,β-unsaturated/α-hetero) is 1. The van der Waals surface area contributed by atoms with E-state index < -0.39 is 0 Å². The predicted octanol–water partition coefficient (Wildman–Crippen LogP) is 2.32. The van der Waals surface area contributed by atoms with Crippen LogP contribution in [0.3, 0.4) is 0 Å². The van der Waals surface area contributed by atoms with Crippen LogP contribution in [0, 0.1) is 6.92 Å². The highest BCUT2D eigenvalue weighted by Crippen LogP contribution is 2.11. The van der Waals surface area contributed by atoms with Gasteiger partial charge in [-0.1, -0.05) is 6.92 Å². The molecular weight excluding hydrogens is 228 g/mol. The van der Waals surface area contributed by atoms with Gasteiger partial charge in [0.05, 0.1) is 10.9 Å². The first-order chi connectivity index (χ1) is 8.58. The summed E-state index contributed by atoms with van der Waals surface area (Å²) in [4.78, 5) is 28.4. The number of aryl methyl sites for hydroxylation is 2. The first-order valence-corrected chi connectivity index (χ1v) is 6.12.